The van der Waals surface area contributed by atoms with Gasteiger partial charge in [-0.05, 0) is 12.8 Å². The molecule has 0 radical (unpaired) electrons. The van der Waals surface area contributed by atoms with Crippen LogP contribution in [0.1, 0.15) is 32.1 Å². The quantitative estimate of drug-likeness (QED) is 0.847. The van der Waals surface area contributed by atoms with Crippen molar-refractivity contribution in [3.05, 3.63) is 12.3 Å². The van der Waals surface area contributed by atoms with E-state index in [0.29, 0.717) is 18.7 Å². The van der Waals surface area contributed by atoms with Crippen LogP contribution in [0.3, 0.4) is 0 Å². The summed E-state index contributed by atoms with van der Waals surface area (Å²) in [5.41, 5.74) is -0.783. The number of carbonyl (C=O) groups excluding carboxylic acids is 1. The summed E-state index contributed by atoms with van der Waals surface area (Å²) in [6.45, 7) is -0.231. The average molecular weight is 281 g/mol. The van der Waals surface area contributed by atoms with Crippen LogP contribution >= 0.6 is 0 Å². The zero-order valence-electron chi connectivity index (χ0n) is 11.5. The molecule has 1 heterocycles. The van der Waals surface area contributed by atoms with Gasteiger partial charge in [0.05, 0.1) is 0 Å². The predicted octanol–water partition coefficient (Wildman–Crippen LogP) is 1.26. The first-order valence-electron chi connectivity index (χ1n) is 6.67. The van der Waals surface area contributed by atoms with Crippen molar-refractivity contribution in [3.8, 4) is 0 Å². The number of hydrogen-bond acceptors (Lipinski definition) is 4. The van der Waals surface area contributed by atoms with E-state index in [4.69, 9.17) is 9.84 Å². The van der Waals surface area contributed by atoms with Crippen LogP contribution in [0.2, 0.25) is 0 Å². The second-order valence-electron chi connectivity index (χ2n) is 5.01. The van der Waals surface area contributed by atoms with Crippen molar-refractivity contribution in [3.63, 3.8) is 0 Å². The van der Waals surface area contributed by atoms with Crippen LogP contribution in [0.5, 0.6) is 0 Å². The van der Waals surface area contributed by atoms with E-state index in [0.717, 1.165) is 19.3 Å². The van der Waals surface area contributed by atoms with E-state index in [-0.39, 0.29) is 12.5 Å². The molecule has 1 amide bonds. The van der Waals surface area contributed by atoms with Crippen molar-refractivity contribution in [2.75, 3.05) is 12.4 Å². The minimum absolute atomic E-state index is 0.208. The number of aliphatic carboxylic acids is 1. The number of methoxy groups -OCH3 is 1. The van der Waals surface area contributed by atoms with Crippen LogP contribution in [-0.2, 0) is 20.9 Å². The number of amides is 1. The molecular weight excluding hydrogens is 262 g/mol. The molecule has 0 unspecified atom stereocenters. The Morgan fingerprint density at radius 2 is 2.15 bits per heavy atom. The van der Waals surface area contributed by atoms with Crippen LogP contribution in [0.4, 0.5) is 5.82 Å². The maximum absolute atomic E-state index is 12.4. The van der Waals surface area contributed by atoms with Gasteiger partial charge in [0, 0.05) is 19.4 Å². The maximum atomic E-state index is 12.4. The van der Waals surface area contributed by atoms with Gasteiger partial charge >= 0.3 is 5.97 Å². The summed E-state index contributed by atoms with van der Waals surface area (Å²) in [6, 6.07) is 1.58. The minimum Gasteiger partial charge on any atom is -0.480 e. The number of nitrogens with one attached hydrogen (secondary N) is 1. The van der Waals surface area contributed by atoms with Crippen molar-refractivity contribution in [1.29, 1.82) is 0 Å². The van der Waals surface area contributed by atoms with Gasteiger partial charge in [-0.25, -0.2) is 0 Å². The number of carboxylic acids is 1. The lowest BCUT2D eigenvalue weighted by molar-refractivity contribution is -0.141. The third-order valence-electron chi connectivity index (χ3n) is 3.65. The highest BCUT2D eigenvalue weighted by atomic mass is 16.5. The molecule has 2 N–H and O–H groups in total. The van der Waals surface area contributed by atoms with Gasteiger partial charge in [0.2, 0.25) is 0 Å². The summed E-state index contributed by atoms with van der Waals surface area (Å²) in [6.07, 6.45) is 5.97. The first kappa shape index (κ1) is 14.5. The maximum Gasteiger partial charge on any atom is 0.325 e. The number of carbonyl (C=O) groups is 2. The monoisotopic (exact) mass is 281 g/mol. The van der Waals surface area contributed by atoms with Crippen LogP contribution in [0.25, 0.3) is 0 Å². The van der Waals surface area contributed by atoms with Crippen molar-refractivity contribution >= 4 is 17.7 Å². The fourth-order valence-corrected chi connectivity index (χ4v) is 2.53. The smallest absolute Gasteiger partial charge is 0.325 e. The van der Waals surface area contributed by atoms with Gasteiger partial charge in [0.25, 0.3) is 5.91 Å². The van der Waals surface area contributed by atoms with Crippen LogP contribution in [-0.4, -0.2) is 39.5 Å². The highest BCUT2D eigenvalue weighted by Gasteiger charge is 2.39. The Kier molecular flexibility index (Phi) is 4.39. The fraction of sp³-hybridized carbons (Fsp3) is 0.615. The molecule has 1 aromatic heterocycles. The topological polar surface area (TPSA) is 93.5 Å². The highest BCUT2D eigenvalue weighted by molar-refractivity contribution is 5.96. The number of hydrogen-bond donors (Lipinski definition) is 2. The van der Waals surface area contributed by atoms with Crippen LogP contribution in [0, 0.1) is 0 Å². The molecule has 0 bridgehead atoms. The lowest BCUT2D eigenvalue weighted by Crippen LogP contribution is -2.46. The predicted molar refractivity (Wildman–Crippen MR) is 71.3 cm³/mol. The Morgan fingerprint density at radius 3 is 2.75 bits per heavy atom. The standard InChI is InChI=1S/C13H19N3O4/c1-20-13(6-3-2-4-7-13)12(19)14-10-5-8-16(15-10)9-11(17)18/h5,8H,2-4,6-7,9H2,1H3,(H,17,18)(H,14,15,19). The van der Waals surface area contributed by atoms with Gasteiger partial charge in [-0.15, -0.1) is 0 Å². The van der Waals surface area contributed by atoms with Crippen molar-refractivity contribution in [2.24, 2.45) is 0 Å². The summed E-state index contributed by atoms with van der Waals surface area (Å²) in [7, 11) is 1.55. The Morgan fingerprint density at radius 1 is 1.45 bits per heavy atom. The molecule has 0 atom stereocenters. The molecule has 110 valence electrons. The average Bonchev–Trinajstić information content (AvgIpc) is 2.85. The zero-order valence-corrected chi connectivity index (χ0v) is 11.5. The van der Waals surface area contributed by atoms with E-state index in [1.807, 2.05) is 0 Å². The Hall–Kier alpha value is -1.89. The van der Waals surface area contributed by atoms with Crippen LogP contribution < -0.4 is 5.32 Å². The lowest BCUT2D eigenvalue weighted by Gasteiger charge is -2.34. The molecule has 0 aromatic carbocycles. The van der Waals surface area contributed by atoms with Crippen LogP contribution in [0.15, 0.2) is 12.3 Å². The summed E-state index contributed by atoms with van der Waals surface area (Å²) in [5, 5.41) is 15.4. The molecule has 7 heteroatoms. The Labute approximate surface area is 116 Å². The van der Waals surface area contributed by atoms with Gasteiger partial charge in [-0.3, -0.25) is 14.3 Å². The molecule has 0 saturated heterocycles. The molecular formula is C13H19N3O4. The number of anilines is 1. The highest BCUT2D eigenvalue weighted by Crippen LogP contribution is 2.32. The summed E-state index contributed by atoms with van der Waals surface area (Å²) >= 11 is 0. The molecule has 1 fully saturated rings. The number of rotatable bonds is 5. The zero-order chi connectivity index (χ0) is 14.6. The summed E-state index contributed by atoms with van der Waals surface area (Å²) in [5.74, 6) is -0.842. The molecule has 0 spiro atoms. The van der Waals surface area contributed by atoms with E-state index in [1.165, 1.54) is 10.9 Å². The summed E-state index contributed by atoms with van der Waals surface area (Å²) < 4.78 is 6.71. The molecule has 1 saturated carbocycles. The third-order valence-corrected chi connectivity index (χ3v) is 3.65. The number of nitrogens with zero attached hydrogens (tertiary/aromatic N) is 2. The van der Waals surface area contributed by atoms with Gasteiger partial charge < -0.3 is 15.2 Å². The normalized spacial score (nSPS) is 17.6. The van der Waals surface area contributed by atoms with E-state index in [2.05, 4.69) is 10.4 Å². The fourth-order valence-electron chi connectivity index (χ4n) is 2.53. The minimum atomic E-state index is -0.980. The molecule has 1 aromatic rings. The van der Waals surface area contributed by atoms with E-state index < -0.39 is 11.6 Å². The molecule has 1 aliphatic carbocycles. The van der Waals surface area contributed by atoms with Gasteiger partial charge in [0.1, 0.15) is 12.1 Å². The first-order valence-corrected chi connectivity index (χ1v) is 6.67. The molecule has 20 heavy (non-hydrogen) atoms. The number of ether oxygens (including phenoxy) is 1. The Bertz CT molecular complexity index is 492. The number of aromatic nitrogens is 2. The van der Waals surface area contributed by atoms with Gasteiger partial charge in [0.15, 0.2) is 5.82 Å². The van der Waals surface area contributed by atoms with E-state index >= 15 is 0 Å². The SMILES string of the molecule is COC1(C(=O)Nc2ccn(CC(=O)O)n2)CCCCC1. The Balaban J connectivity index is 2.02. The van der Waals surface area contributed by atoms with Crippen molar-refractivity contribution in [1.82, 2.24) is 9.78 Å². The van der Waals surface area contributed by atoms with E-state index in [1.54, 1.807) is 13.2 Å². The molecule has 2 rings (SSSR count). The number of carboxylic acid groups (broad SMARTS) is 1. The second-order valence-corrected chi connectivity index (χ2v) is 5.01. The van der Waals surface area contributed by atoms with Crippen molar-refractivity contribution < 1.29 is 19.4 Å². The van der Waals surface area contributed by atoms with Gasteiger partial charge in [-0.1, -0.05) is 19.3 Å². The van der Waals surface area contributed by atoms with E-state index in [9.17, 15) is 9.59 Å². The largest absolute Gasteiger partial charge is 0.480 e. The first-order chi connectivity index (χ1) is 9.55. The molecule has 0 aliphatic heterocycles. The molecule has 7 nitrogen and oxygen atoms in total. The second kappa shape index (κ2) is 6.04. The third kappa shape index (κ3) is 3.16. The summed E-state index contributed by atoms with van der Waals surface area (Å²) in [4.78, 5) is 22.9. The van der Waals surface area contributed by atoms with Gasteiger partial charge in [-0.2, -0.15) is 5.10 Å². The van der Waals surface area contributed by atoms with Crippen molar-refractivity contribution in [2.45, 2.75) is 44.2 Å². The molecule has 1 aliphatic rings. The lowest BCUT2D eigenvalue weighted by atomic mass is 9.84.